The summed E-state index contributed by atoms with van der Waals surface area (Å²) in [5, 5.41) is 20.2. The van der Waals surface area contributed by atoms with Crippen LogP contribution in [0.1, 0.15) is 31.4 Å². The van der Waals surface area contributed by atoms with Crippen LogP contribution >= 0.6 is 0 Å². The molecule has 0 unspecified atom stereocenters. The van der Waals surface area contributed by atoms with Gasteiger partial charge in [-0.25, -0.2) is 0 Å². The van der Waals surface area contributed by atoms with E-state index in [1.54, 1.807) is 31.4 Å². The number of nitro benzene ring substituents is 1. The Labute approximate surface area is 152 Å². The molecular weight excluding hydrogens is 332 g/mol. The van der Waals surface area contributed by atoms with Crippen LogP contribution < -0.4 is 9.47 Å². The fraction of sp³-hybridized carbons (Fsp3) is 0.250. The summed E-state index contributed by atoms with van der Waals surface area (Å²) in [5.41, 5.74) is 1.77. The lowest BCUT2D eigenvalue weighted by Crippen LogP contribution is -2.10. The Hall–Kier alpha value is -3.33. The number of benzene rings is 2. The monoisotopic (exact) mass is 352 g/mol. The molecule has 0 amide bonds. The molecule has 0 N–H and O–H groups in total. The van der Waals surface area contributed by atoms with Crippen molar-refractivity contribution in [3.8, 4) is 17.6 Å². The number of hydrogen-bond acceptors (Lipinski definition) is 5. The summed E-state index contributed by atoms with van der Waals surface area (Å²) in [4.78, 5) is 10.3. The molecule has 2 rings (SSSR count). The Bertz CT molecular complexity index is 851. The number of rotatable bonds is 7. The van der Waals surface area contributed by atoms with Gasteiger partial charge in [0.05, 0.1) is 29.8 Å². The second-order valence-corrected chi connectivity index (χ2v) is 5.72. The van der Waals surface area contributed by atoms with Crippen LogP contribution in [0, 0.1) is 21.4 Å². The normalized spacial score (nSPS) is 12.2. The van der Waals surface area contributed by atoms with E-state index in [9.17, 15) is 15.4 Å². The predicted octanol–water partition coefficient (Wildman–Crippen LogP) is 4.84. The Morgan fingerprint density at radius 1 is 1.27 bits per heavy atom. The van der Waals surface area contributed by atoms with Gasteiger partial charge in [0, 0.05) is 12.1 Å². The first-order chi connectivity index (χ1) is 12.5. The number of ether oxygens (including phenoxy) is 2. The average molecular weight is 352 g/mol. The van der Waals surface area contributed by atoms with Gasteiger partial charge in [0.2, 0.25) is 0 Å². The summed E-state index contributed by atoms with van der Waals surface area (Å²) >= 11 is 0. The minimum absolute atomic E-state index is 0.0146. The molecule has 0 radical (unpaired) electrons. The molecule has 6 heteroatoms. The van der Waals surface area contributed by atoms with Gasteiger partial charge < -0.3 is 9.47 Å². The zero-order chi connectivity index (χ0) is 19.1. The molecule has 2 aromatic rings. The molecule has 0 aromatic heterocycles. The molecule has 0 heterocycles. The van der Waals surface area contributed by atoms with E-state index in [1.165, 1.54) is 12.1 Å². The van der Waals surface area contributed by atoms with Crippen molar-refractivity contribution < 1.29 is 14.4 Å². The van der Waals surface area contributed by atoms with Crippen molar-refractivity contribution in [2.45, 2.75) is 26.4 Å². The van der Waals surface area contributed by atoms with E-state index >= 15 is 0 Å². The molecule has 0 spiro atoms. The highest BCUT2D eigenvalue weighted by atomic mass is 16.6. The van der Waals surface area contributed by atoms with Gasteiger partial charge in [-0.2, -0.15) is 5.26 Å². The van der Waals surface area contributed by atoms with Gasteiger partial charge in [-0.15, -0.1) is 0 Å². The number of hydrogen-bond donors (Lipinski definition) is 0. The summed E-state index contributed by atoms with van der Waals surface area (Å²) in [7, 11) is 1.56. The van der Waals surface area contributed by atoms with Crippen molar-refractivity contribution in [1.29, 1.82) is 5.26 Å². The maximum absolute atomic E-state index is 10.7. The van der Waals surface area contributed by atoms with Crippen LogP contribution in [-0.4, -0.2) is 18.1 Å². The predicted molar refractivity (Wildman–Crippen MR) is 100.0 cm³/mol. The fourth-order valence-electron chi connectivity index (χ4n) is 2.28. The Morgan fingerprint density at radius 3 is 2.50 bits per heavy atom. The maximum atomic E-state index is 10.7. The highest BCUT2D eigenvalue weighted by Gasteiger charge is 2.10. The van der Waals surface area contributed by atoms with E-state index in [2.05, 4.69) is 6.07 Å². The van der Waals surface area contributed by atoms with Crippen LogP contribution in [0.3, 0.4) is 0 Å². The van der Waals surface area contributed by atoms with Crippen molar-refractivity contribution >= 4 is 17.3 Å². The lowest BCUT2D eigenvalue weighted by Gasteiger charge is -2.15. The molecule has 0 saturated carbocycles. The summed E-state index contributed by atoms with van der Waals surface area (Å²) < 4.78 is 11.2. The van der Waals surface area contributed by atoms with E-state index in [0.29, 0.717) is 22.6 Å². The summed E-state index contributed by atoms with van der Waals surface area (Å²) in [6.07, 6.45) is 2.65. The standard InChI is InChI=1S/C20H20N2O4/c1-4-14(2)26-19-10-5-15(12-20(19)25-3)11-17(13-21)16-6-8-18(9-7-16)22(23)24/h5-12,14H,4H2,1-3H3/b17-11-/t14-/m1/s1. The van der Waals surface area contributed by atoms with Crippen LogP contribution in [0.15, 0.2) is 42.5 Å². The van der Waals surface area contributed by atoms with Crippen molar-refractivity contribution in [3.63, 3.8) is 0 Å². The third kappa shape index (κ3) is 4.61. The van der Waals surface area contributed by atoms with E-state index in [0.717, 1.165) is 12.0 Å². The lowest BCUT2D eigenvalue weighted by molar-refractivity contribution is -0.384. The van der Waals surface area contributed by atoms with Crippen LogP contribution in [0.25, 0.3) is 11.6 Å². The van der Waals surface area contributed by atoms with Gasteiger partial charge in [0.15, 0.2) is 11.5 Å². The van der Waals surface area contributed by atoms with Crippen molar-refractivity contribution in [3.05, 3.63) is 63.7 Å². The number of nitriles is 1. The van der Waals surface area contributed by atoms with Crippen molar-refractivity contribution in [2.24, 2.45) is 0 Å². The Morgan fingerprint density at radius 2 is 1.96 bits per heavy atom. The van der Waals surface area contributed by atoms with E-state index in [1.807, 2.05) is 26.0 Å². The number of nitro groups is 1. The van der Waals surface area contributed by atoms with Crippen LogP contribution in [0.2, 0.25) is 0 Å². The number of allylic oxidation sites excluding steroid dienone is 1. The smallest absolute Gasteiger partial charge is 0.269 e. The molecule has 0 aliphatic carbocycles. The average Bonchev–Trinajstić information content (AvgIpc) is 2.66. The van der Waals surface area contributed by atoms with Crippen molar-refractivity contribution in [2.75, 3.05) is 7.11 Å². The first-order valence-corrected chi connectivity index (χ1v) is 8.19. The molecular formula is C20H20N2O4. The molecule has 2 aromatic carbocycles. The highest BCUT2D eigenvalue weighted by Crippen LogP contribution is 2.31. The first kappa shape index (κ1) is 19.0. The number of non-ortho nitro benzene ring substituents is 1. The molecule has 0 fully saturated rings. The van der Waals surface area contributed by atoms with E-state index in [4.69, 9.17) is 9.47 Å². The van der Waals surface area contributed by atoms with Crippen LogP contribution in [0.5, 0.6) is 11.5 Å². The van der Waals surface area contributed by atoms with Gasteiger partial charge in [-0.3, -0.25) is 10.1 Å². The van der Waals surface area contributed by atoms with Gasteiger partial charge in [-0.1, -0.05) is 13.0 Å². The summed E-state index contributed by atoms with van der Waals surface area (Å²) in [6, 6.07) is 13.4. The molecule has 0 aliphatic heterocycles. The maximum Gasteiger partial charge on any atom is 0.269 e. The molecule has 0 aliphatic rings. The lowest BCUT2D eigenvalue weighted by atomic mass is 10.0. The topological polar surface area (TPSA) is 85.4 Å². The zero-order valence-electron chi connectivity index (χ0n) is 14.9. The summed E-state index contributed by atoms with van der Waals surface area (Å²) in [5.74, 6) is 1.23. The largest absolute Gasteiger partial charge is 0.493 e. The second-order valence-electron chi connectivity index (χ2n) is 5.72. The molecule has 26 heavy (non-hydrogen) atoms. The molecule has 0 bridgehead atoms. The van der Waals surface area contributed by atoms with E-state index < -0.39 is 4.92 Å². The van der Waals surface area contributed by atoms with Crippen molar-refractivity contribution in [1.82, 2.24) is 0 Å². The van der Waals surface area contributed by atoms with Gasteiger partial charge in [0.1, 0.15) is 0 Å². The second kappa shape index (κ2) is 8.67. The Balaban J connectivity index is 2.33. The third-order valence-corrected chi connectivity index (χ3v) is 3.91. The molecule has 0 saturated heterocycles. The zero-order valence-corrected chi connectivity index (χ0v) is 14.9. The Kier molecular flexibility index (Phi) is 6.34. The highest BCUT2D eigenvalue weighted by molar-refractivity contribution is 5.90. The van der Waals surface area contributed by atoms with Gasteiger partial charge in [0.25, 0.3) is 5.69 Å². The van der Waals surface area contributed by atoms with Gasteiger partial charge in [-0.05, 0) is 54.8 Å². The molecule has 6 nitrogen and oxygen atoms in total. The quantitative estimate of drug-likeness (QED) is 0.308. The minimum Gasteiger partial charge on any atom is -0.493 e. The van der Waals surface area contributed by atoms with Crippen LogP contribution in [0.4, 0.5) is 5.69 Å². The van der Waals surface area contributed by atoms with Gasteiger partial charge >= 0.3 is 0 Å². The number of nitrogens with zero attached hydrogens (tertiary/aromatic N) is 2. The minimum atomic E-state index is -0.472. The van der Waals surface area contributed by atoms with E-state index in [-0.39, 0.29) is 11.8 Å². The van der Waals surface area contributed by atoms with Crippen LogP contribution in [-0.2, 0) is 0 Å². The number of methoxy groups -OCH3 is 1. The third-order valence-electron chi connectivity index (χ3n) is 3.91. The summed E-state index contributed by atoms with van der Waals surface area (Å²) in [6.45, 7) is 4.02. The SMILES string of the molecule is CC[C@@H](C)Oc1ccc(/C=C(/C#N)c2ccc([N+](=O)[O-])cc2)cc1OC. The molecule has 1 atom stereocenters. The fourth-order valence-corrected chi connectivity index (χ4v) is 2.28. The first-order valence-electron chi connectivity index (χ1n) is 8.19. The molecule has 134 valence electrons.